The highest BCUT2D eigenvalue weighted by atomic mass is 32.2. The van der Waals surface area contributed by atoms with Gasteiger partial charge in [-0.1, -0.05) is 0 Å². The van der Waals surface area contributed by atoms with E-state index in [1.807, 2.05) is 0 Å². The van der Waals surface area contributed by atoms with Crippen molar-refractivity contribution in [1.29, 1.82) is 0 Å². The Hall–Kier alpha value is -1.88. The van der Waals surface area contributed by atoms with E-state index in [0.717, 1.165) is 12.3 Å². The Kier molecular flexibility index (Phi) is 5.57. The molecular formula is C14H18F3N3O4S. The molecule has 1 aromatic rings. The van der Waals surface area contributed by atoms with Crippen LogP contribution in [0.15, 0.2) is 23.1 Å². The van der Waals surface area contributed by atoms with Crippen LogP contribution in [-0.2, 0) is 27.5 Å². The van der Waals surface area contributed by atoms with Gasteiger partial charge >= 0.3 is 6.18 Å². The van der Waals surface area contributed by atoms with E-state index in [1.165, 1.54) is 4.31 Å². The number of nitrogens with one attached hydrogen (secondary N) is 1. The lowest BCUT2D eigenvalue weighted by atomic mass is 10.1. The molecule has 0 aromatic carbocycles. The first kappa shape index (κ1) is 19.4. The van der Waals surface area contributed by atoms with Crippen LogP contribution in [0.5, 0.6) is 0 Å². The van der Waals surface area contributed by atoms with E-state index in [0.29, 0.717) is 36.2 Å². The number of pyridine rings is 1. The minimum absolute atomic E-state index is 0.0993. The lowest BCUT2D eigenvalue weighted by Crippen LogP contribution is -2.50. The minimum Gasteiger partial charge on any atom is -0.350 e. The van der Waals surface area contributed by atoms with Crippen molar-refractivity contribution in [2.45, 2.75) is 31.6 Å². The monoisotopic (exact) mass is 381 g/mol. The standard InChI is InChI=1S/C14H18F3N3O4S/c1-25(23,24)20-6-2-3-11(8-20)18-12(21)9-19-7-10(14(15,16)17)4-5-13(19)22/h4-5,7,11H,2-3,6,8-9H2,1H3,(H,18,21). The summed E-state index contributed by atoms with van der Waals surface area (Å²) < 4.78 is 63.1. The molecule has 2 rings (SSSR count). The number of rotatable bonds is 4. The summed E-state index contributed by atoms with van der Waals surface area (Å²) in [6, 6.07) is 0.960. The Bertz CT molecular complexity index is 804. The van der Waals surface area contributed by atoms with Crippen LogP contribution in [0.2, 0.25) is 0 Å². The fourth-order valence-corrected chi connectivity index (χ4v) is 3.52. The first-order valence-electron chi connectivity index (χ1n) is 7.49. The number of piperidine rings is 1. The largest absolute Gasteiger partial charge is 0.417 e. The highest BCUT2D eigenvalue weighted by Gasteiger charge is 2.31. The molecule has 1 aliphatic heterocycles. The highest BCUT2D eigenvalue weighted by molar-refractivity contribution is 7.88. The molecular weight excluding hydrogens is 363 g/mol. The molecule has 0 aliphatic carbocycles. The number of amides is 1. The molecule has 1 aromatic heterocycles. The summed E-state index contributed by atoms with van der Waals surface area (Å²) >= 11 is 0. The summed E-state index contributed by atoms with van der Waals surface area (Å²) in [7, 11) is -3.38. The van der Waals surface area contributed by atoms with Crippen LogP contribution in [0.4, 0.5) is 13.2 Å². The number of hydrogen-bond acceptors (Lipinski definition) is 4. The topological polar surface area (TPSA) is 88.5 Å². The third kappa shape index (κ3) is 5.30. The maximum Gasteiger partial charge on any atom is 0.417 e. The molecule has 140 valence electrons. The average molecular weight is 381 g/mol. The molecule has 1 unspecified atom stereocenters. The van der Waals surface area contributed by atoms with Gasteiger partial charge in [-0.3, -0.25) is 9.59 Å². The van der Waals surface area contributed by atoms with Crippen molar-refractivity contribution in [1.82, 2.24) is 14.2 Å². The molecule has 2 heterocycles. The summed E-state index contributed by atoms with van der Waals surface area (Å²) in [5.41, 5.74) is -1.76. The zero-order valence-electron chi connectivity index (χ0n) is 13.4. The van der Waals surface area contributed by atoms with Gasteiger partial charge in [-0.05, 0) is 18.9 Å². The molecule has 1 amide bonds. The van der Waals surface area contributed by atoms with Crippen LogP contribution >= 0.6 is 0 Å². The summed E-state index contributed by atoms with van der Waals surface area (Å²) in [6.45, 7) is -0.113. The fourth-order valence-electron chi connectivity index (χ4n) is 2.61. The van der Waals surface area contributed by atoms with Crippen molar-refractivity contribution >= 4 is 15.9 Å². The number of carbonyl (C=O) groups excluding carboxylic acids is 1. The Morgan fingerprint density at radius 2 is 2.04 bits per heavy atom. The SMILES string of the molecule is CS(=O)(=O)N1CCCC(NC(=O)Cn2cc(C(F)(F)F)ccc2=O)C1. The van der Waals surface area contributed by atoms with Crippen LogP contribution < -0.4 is 10.9 Å². The zero-order chi connectivity index (χ0) is 18.8. The maximum absolute atomic E-state index is 12.7. The molecule has 0 radical (unpaired) electrons. The number of aromatic nitrogens is 1. The van der Waals surface area contributed by atoms with Gasteiger partial charge in [-0.2, -0.15) is 13.2 Å². The molecule has 0 saturated carbocycles. The van der Waals surface area contributed by atoms with Gasteiger partial charge in [0.05, 0.1) is 11.8 Å². The van der Waals surface area contributed by atoms with Crippen LogP contribution in [0.3, 0.4) is 0 Å². The molecule has 1 fully saturated rings. The first-order valence-corrected chi connectivity index (χ1v) is 9.34. The Balaban J connectivity index is 2.04. The van der Waals surface area contributed by atoms with Crippen LogP contribution in [0, 0.1) is 0 Å². The van der Waals surface area contributed by atoms with Crippen molar-refractivity contribution in [2.24, 2.45) is 0 Å². The van der Waals surface area contributed by atoms with E-state index in [2.05, 4.69) is 5.32 Å². The van der Waals surface area contributed by atoms with Gasteiger partial charge in [0.15, 0.2) is 0 Å². The van der Waals surface area contributed by atoms with Crippen molar-refractivity contribution in [3.63, 3.8) is 0 Å². The first-order chi connectivity index (χ1) is 11.5. The number of hydrogen-bond donors (Lipinski definition) is 1. The second-order valence-corrected chi connectivity index (χ2v) is 7.89. The normalized spacial score (nSPS) is 19.6. The van der Waals surface area contributed by atoms with E-state index < -0.39 is 45.8 Å². The van der Waals surface area contributed by atoms with Crippen LogP contribution in [-0.4, -0.2) is 48.6 Å². The van der Waals surface area contributed by atoms with Gasteiger partial charge in [0.1, 0.15) is 6.54 Å². The number of halogens is 3. The lowest BCUT2D eigenvalue weighted by molar-refractivity contribution is -0.138. The number of carbonyl (C=O) groups is 1. The van der Waals surface area contributed by atoms with Crippen molar-refractivity contribution in [3.05, 3.63) is 34.2 Å². The maximum atomic E-state index is 12.7. The fraction of sp³-hybridized carbons (Fsp3) is 0.571. The predicted octanol–water partition coefficient (Wildman–Crippen LogP) is 0.407. The van der Waals surface area contributed by atoms with Crippen molar-refractivity contribution in [3.8, 4) is 0 Å². The molecule has 7 nitrogen and oxygen atoms in total. The molecule has 1 saturated heterocycles. The van der Waals surface area contributed by atoms with Gasteiger partial charge in [0, 0.05) is 31.4 Å². The number of alkyl halides is 3. The minimum atomic E-state index is -4.62. The summed E-state index contributed by atoms with van der Waals surface area (Å²) in [5, 5.41) is 2.57. The van der Waals surface area contributed by atoms with Gasteiger partial charge in [0.25, 0.3) is 5.56 Å². The van der Waals surface area contributed by atoms with E-state index in [1.54, 1.807) is 0 Å². The van der Waals surface area contributed by atoms with E-state index in [9.17, 15) is 31.2 Å². The summed E-state index contributed by atoms with van der Waals surface area (Å²) in [4.78, 5) is 23.7. The predicted molar refractivity (Wildman–Crippen MR) is 83.3 cm³/mol. The van der Waals surface area contributed by atoms with Gasteiger partial charge in [-0.15, -0.1) is 0 Å². The Morgan fingerprint density at radius 1 is 1.36 bits per heavy atom. The number of sulfonamides is 1. The lowest BCUT2D eigenvalue weighted by Gasteiger charge is -2.31. The highest BCUT2D eigenvalue weighted by Crippen LogP contribution is 2.27. The second-order valence-electron chi connectivity index (χ2n) is 5.91. The van der Waals surface area contributed by atoms with Gasteiger partial charge in [0.2, 0.25) is 15.9 Å². The molecule has 0 spiro atoms. The van der Waals surface area contributed by atoms with Crippen molar-refractivity contribution < 1.29 is 26.4 Å². The number of nitrogens with zero attached hydrogens (tertiary/aromatic N) is 2. The van der Waals surface area contributed by atoms with Crippen LogP contribution in [0.1, 0.15) is 18.4 Å². The smallest absolute Gasteiger partial charge is 0.350 e. The molecule has 1 atom stereocenters. The van der Waals surface area contributed by atoms with Crippen LogP contribution in [0.25, 0.3) is 0 Å². The average Bonchev–Trinajstić information content (AvgIpc) is 2.47. The molecule has 0 bridgehead atoms. The Labute approximate surface area is 142 Å². The van der Waals surface area contributed by atoms with Crippen molar-refractivity contribution in [2.75, 3.05) is 19.3 Å². The molecule has 11 heteroatoms. The summed E-state index contributed by atoms with van der Waals surface area (Å²) in [6.07, 6.45) is -1.85. The summed E-state index contributed by atoms with van der Waals surface area (Å²) in [5.74, 6) is -0.651. The van der Waals surface area contributed by atoms with Gasteiger partial charge in [-0.25, -0.2) is 12.7 Å². The van der Waals surface area contributed by atoms with Gasteiger partial charge < -0.3 is 9.88 Å². The quantitative estimate of drug-likeness (QED) is 0.818. The second kappa shape index (κ2) is 7.16. The van der Waals surface area contributed by atoms with E-state index >= 15 is 0 Å². The zero-order valence-corrected chi connectivity index (χ0v) is 14.2. The molecule has 1 aliphatic rings. The molecule has 1 N–H and O–H groups in total. The molecule has 25 heavy (non-hydrogen) atoms. The van der Waals surface area contributed by atoms with E-state index in [4.69, 9.17) is 0 Å². The van der Waals surface area contributed by atoms with E-state index in [-0.39, 0.29) is 6.54 Å². The third-order valence-electron chi connectivity index (χ3n) is 3.84. The third-order valence-corrected chi connectivity index (χ3v) is 5.11. The Morgan fingerprint density at radius 3 is 2.64 bits per heavy atom.